The standard InChI is InChI=1S/C19H20ClFN2O2/c1-25-18-5-3-2-4-13(18)11-23(15-7-8-15)12-19(24)22-14-6-9-17(21)16(20)10-14/h2-6,9-10,15H,7-8,11-12H2,1H3,(H,22,24). The van der Waals surface area contributed by atoms with Crippen molar-refractivity contribution in [2.75, 3.05) is 19.0 Å². The van der Waals surface area contributed by atoms with Crippen LogP contribution in [0.15, 0.2) is 42.5 Å². The topological polar surface area (TPSA) is 41.6 Å². The van der Waals surface area contributed by atoms with Gasteiger partial charge in [-0.25, -0.2) is 4.39 Å². The van der Waals surface area contributed by atoms with Gasteiger partial charge in [-0.1, -0.05) is 29.8 Å². The van der Waals surface area contributed by atoms with Gasteiger partial charge in [-0.2, -0.15) is 0 Å². The number of anilines is 1. The number of rotatable bonds is 7. The number of ether oxygens (including phenoxy) is 1. The number of nitrogens with zero attached hydrogens (tertiary/aromatic N) is 1. The van der Waals surface area contributed by atoms with Gasteiger partial charge in [0, 0.05) is 23.8 Å². The van der Waals surface area contributed by atoms with Crippen molar-refractivity contribution in [3.05, 3.63) is 58.9 Å². The maximum atomic E-state index is 13.2. The Bertz CT molecular complexity index is 765. The average Bonchev–Trinajstić information content (AvgIpc) is 3.43. The Morgan fingerprint density at radius 1 is 1.32 bits per heavy atom. The van der Waals surface area contributed by atoms with E-state index < -0.39 is 5.82 Å². The quantitative estimate of drug-likeness (QED) is 0.806. The lowest BCUT2D eigenvalue weighted by Crippen LogP contribution is -2.34. The van der Waals surface area contributed by atoms with E-state index in [0.717, 1.165) is 24.2 Å². The highest BCUT2D eigenvalue weighted by atomic mass is 35.5. The van der Waals surface area contributed by atoms with E-state index in [1.807, 2.05) is 24.3 Å². The van der Waals surface area contributed by atoms with E-state index in [4.69, 9.17) is 16.3 Å². The molecule has 1 aliphatic rings. The van der Waals surface area contributed by atoms with E-state index in [1.54, 1.807) is 7.11 Å². The highest BCUT2D eigenvalue weighted by Gasteiger charge is 2.30. The smallest absolute Gasteiger partial charge is 0.238 e. The monoisotopic (exact) mass is 362 g/mol. The van der Waals surface area contributed by atoms with E-state index in [9.17, 15) is 9.18 Å². The lowest BCUT2D eigenvalue weighted by Gasteiger charge is -2.22. The molecule has 1 aliphatic carbocycles. The summed E-state index contributed by atoms with van der Waals surface area (Å²) in [5.41, 5.74) is 1.54. The molecule has 1 fully saturated rings. The van der Waals surface area contributed by atoms with Crippen molar-refractivity contribution in [2.45, 2.75) is 25.4 Å². The highest BCUT2D eigenvalue weighted by Crippen LogP contribution is 2.30. The second kappa shape index (κ2) is 7.85. The van der Waals surface area contributed by atoms with Gasteiger partial charge in [0.1, 0.15) is 11.6 Å². The molecule has 3 rings (SSSR count). The Morgan fingerprint density at radius 3 is 2.76 bits per heavy atom. The Kier molecular flexibility index (Phi) is 5.56. The second-order valence-corrected chi connectivity index (χ2v) is 6.53. The number of carbonyl (C=O) groups excluding carboxylic acids is 1. The third-order valence-electron chi connectivity index (χ3n) is 4.18. The van der Waals surface area contributed by atoms with Crippen molar-refractivity contribution in [2.24, 2.45) is 0 Å². The van der Waals surface area contributed by atoms with E-state index >= 15 is 0 Å². The molecule has 0 bridgehead atoms. The molecular weight excluding hydrogens is 343 g/mol. The molecule has 1 saturated carbocycles. The van der Waals surface area contributed by atoms with Gasteiger partial charge >= 0.3 is 0 Å². The Labute approximate surface area is 151 Å². The van der Waals surface area contributed by atoms with Crippen LogP contribution in [0.3, 0.4) is 0 Å². The molecule has 0 radical (unpaired) electrons. The number of amides is 1. The number of benzene rings is 2. The normalized spacial score (nSPS) is 13.8. The molecule has 0 atom stereocenters. The zero-order valence-corrected chi connectivity index (χ0v) is 14.7. The van der Waals surface area contributed by atoms with Crippen LogP contribution in [0, 0.1) is 5.82 Å². The zero-order chi connectivity index (χ0) is 17.8. The minimum atomic E-state index is -0.504. The summed E-state index contributed by atoms with van der Waals surface area (Å²) >= 11 is 5.75. The number of para-hydroxylation sites is 1. The maximum absolute atomic E-state index is 13.2. The van der Waals surface area contributed by atoms with Crippen molar-refractivity contribution in [3.63, 3.8) is 0 Å². The number of carbonyl (C=O) groups is 1. The number of methoxy groups -OCH3 is 1. The highest BCUT2D eigenvalue weighted by molar-refractivity contribution is 6.31. The van der Waals surface area contributed by atoms with Gasteiger partial charge in [-0.05, 0) is 37.1 Å². The summed E-state index contributed by atoms with van der Waals surface area (Å²) in [7, 11) is 1.64. The maximum Gasteiger partial charge on any atom is 0.238 e. The van der Waals surface area contributed by atoms with Gasteiger partial charge in [-0.3, -0.25) is 9.69 Å². The first-order valence-corrected chi connectivity index (χ1v) is 8.55. The second-order valence-electron chi connectivity index (χ2n) is 6.13. The van der Waals surface area contributed by atoms with E-state index in [0.29, 0.717) is 18.3 Å². The fraction of sp³-hybridized carbons (Fsp3) is 0.316. The van der Waals surface area contributed by atoms with Gasteiger partial charge in [0.15, 0.2) is 0 Å². The van der Waals surface area contributed by atoms with Crippen LogP contribution in [0.1, 0.15) is 18.4 Å². The van der Waals surface area contributed by atoms with Crippen molar-refractivity contribution in [1.29, 1.82) is 0 Å². The molecule has 1 N–H and O–H groups in total. The van der Waals surface area contributed by atoms with Gasteiger partial charge in [0.2, 0.25) is 5.91 Å². The SMILES string of the molecule is COc1ccccc1CN(CC(=O)Nc1ccc(F)c(Cl)c1)C1CC1. The van der Waals surface area contributed by atoms with Gasteiger partial charge in [0.05, 0.1) is 18.7 Å². The van der Waals surface area contributed by atoms with Crippen LogP contribution >= 0.6 is 11.6 Å². The molecule has 0 aliphatic heterocycles. The third kappa shape index (κ3) is 4.71. The molecule has 2 aromatic rings. The van der Waals surface area contributed by atoms with Crippen LogP contribution in [-0.4, -0.2) is 30.5 Å². The first-order chi connectivity index (χ1) is 12.1. The van der Waals surface area contributed by atoms with Crippen LogP contribution in [0.2, 0.25) is 5.02 Å². The number of halogens is 2. The first-order valence-electron chi connectivity index (χ1n) is 8.17. The fourth-order valence-corrected chi connectivity index (χ4v) is 2.95. The predicted octanol–water partition coefficient (Wildman–Crippen LogP) is 4.09. The van der Waals surface area contributed by atoms with Crippen molar-refractivity contribution < 1.29 is 13.9 Å². The number of nitrogens with one attached hydrogen (secondary N) is 1. The summed E-state index contributed by atoms with van der Waals surface area (Å²) in [5, 5.41) is 2.77. The van der Waals surface area contributed by atoms with Gasteiger partial charge in [-0.15, -0.1) is 0 Å². The summed E-state index contributed by atoms with van der Waals surface area (Å²) < 4.78 is 18.6. The van der Waals surface area contributed by atoms with Crippen LogP contribution in [0.25, 0.3) is 0 Å². The molecule has 4 nitrogen and oxygen atoms in total. The summed E-state index contributed by atoms with van der Waals surface area (Å²) in [4.78, 5) is 14.5. The summed E-state index contributed by atoms with van der Waals surface area (Å²) in [6.07, 6.45) is 2.18. The molecule has 2 aromatic carbocycles. The molecule has 132 valence electrons. The van der Waals surface area contributed by atoms with Gasteiger partial charge < -0.3 is 10.1 Å². The van der Waals surface area contributed by atoms with Crippen LogP contribution in [0.5, 0.6) is 5.75 Å². The van der Waals surface area contributed by atoms with Gasteiger partial charge in [0.25, 0.3) is 0 Å². The molecule has 0 unspecified atom stereocenters. The third-order valence-corrected chi connectivity index (χ3v) is 4.47. The Hall–Kier alpha value is -2.11. The van der Waals surface area contributed by atoms with E-state index in [2.05, 4.69) is 10.2 Å². The molecule has 0 aromatic heterocycles. The average molecular weight is 363 g/mol. The largest absolute Gasteiger partial charge is 0.496 e. The van der Waals surface area contributed by atoms with E-state index in [-0.39, 0.29) is 17.5 Å². The minimum absolute atomic E-state index is 0.00845. The zero-order valence-electron chi connectivity index (χ0n) is 14.0. The molecule has 6 heteroatoms. The van der Waals surface area contributed by atoms with Crippen LogP contribution in [0.4, 0.5) is 10.1 Å². The number of hydrogen-bond donors (Lipinski definition) is 1. The molecule has 0 saturated heterocycles. The minimum Gasteiger partial charge on any atom is -0.496 e. The van der Waals surface area contributed by atoms with Crippen molar-refractivity contribution in [3.8, 4) is 5.75 Å². The van der Waals surface area contributed by atoms with Crippen LogP contribution < -0.4 is 10.1 Å². The van der Waals surface area contributed by atoms with Crippen molar-refractivity contribution >= 4 is 23.2 Å². The predicted molar refractivity (Wildman–Crippen MR) is 96.5 cm³/mol. The molecule has 0 heterocycles. The molecule has 0 spiro atoms. The molecular formula is C19H20ClFN2O2. The summed E-state index contributed by atoms with van der Waals surface area (Å²) in [6.45, 7) is 0.907. The molecule has 25 heavy (non-hydrogen) atoms. The first kappa shape index (κ1) is 17.7. The van der Waals surface area contributed by atoms with Crippen LogP contribution in [-0.2, 0) is 11.3 Å². The summed E-state index contributed by atoms with van der Waals surface area (Å²) in [5.74, 6) is 0.166. The number of hydrogen-bond acceptors (Lipinski definition) is 3. The molecule has 1 amide bonds. The summed E-state index contributed by atoms with van der Waals surface area (Å²) in [6, 6.07) is 12.4. The Morgan fingerprint density at radius 2 is 2.08 bits per heavy atom. The van der Waals surface area contributed by atoms with E-state index in [1.165, 1.54) is 18.2 Å². The fourth-order valence-electron chi connectivity index (χ4n) is 2.77. The lowest BCUT2D eigenvalue weighted by molar-refractivity contribution is -0.117. The van der Waals surface area contributed by atoms with Crippen molar-refractivity contribution in [1.82, 2.24) is 4.90 Å². The Balaban J connectivity index is 1.65. The lowest BCUT2D eigenvalue weighted by atomic mass is 10.2.